The van der Waals surface area contributed by atoms with E-state index in [1.807, 2.05) is 32.0 Å². The monoisotopic (exact) mass is 261 g/mol. The van der Waals surface area contributed by atoms with E-state index in [-0.39, 0.29) is 12.5 Å². The number of aryl methyl sites for hydroxylation is 1. The SMILES string of the molecule is CCCc1cccc2c1N(CC(=O)O)C(=O)C2(C)C. The van der Waals surface area contributed by atoms with E-state index in [1.165, 1.54) is 4.90 Å². The quantitative estimate of drug-likeness (QED) is 0.905. The van der Waals surface area contributed by atoms with Crippen LogP contribution in [0.1, 0.15) is 38.3 Å². The summed E-state index contributed by atoms with van der Waals surface area (Å²) in [7, 11) is 0. The first-order chi connectivity index (χ1) is 8.89. The van der Waals surface area contributed by atoms with Gasteiger partial charge >= 0.3 is 5.97 Å². The van der Waals surface area contributed by atoms with E-state index in [1.54, 1.807) is 0 Å². The first-order valence-electron chi connectivity index (χ1n) is 6.55. The number of carboxylic acid groups (broad SMARTS) is 1. The van der Waals surface area contributed by atoms with Crippen LogP contribution in [0, 0.1) is 0 Å². The van der Waals surface area contributed by atoms with E-state index in [2.05, 4.69) is 6.92 Å². The molecule has 1 aromatic carbocycles. The molecule has 1 aromatic rings. The topological polar surface area (TPSA) is 57.6 Å². The lowest BCUT2D eigenvalue weighted by molar-refractivity contribution is -0.137. The summed E-state index contributed by atoms with van der Waals surface area (Å²) in [6.07, 6.45) is 1.81. The van der Waals surface area contributed by atoms with Gasteiger partial charge in [0.1, 0.15) is 6.54 Å². The minimum atomic E-state index is -0.983. The molecule has 0 aromatic heterocycles. The Bertz CT molecular complexity index is 534. The van der Waals surface area contributed by atoms with Crippen molar-refractivity contribution < 1.29 is 14.7 Å². The number of hydrogen-bond donors (Lipinski definition) is 1. The summed E-state index contributed by atoms with van der Waals surface area (Å²) in [6.45, 7) is 5.51. The number of nitrogens with zero attached hydrogens (tertiary/aromatic N) is 1. The van der Waals surface area contributed by atoms with E-state index >= 15 is 0 Å². The molecule has 1 N–H and O–H groups in total. The number of benzene rings is 1. The van der Waals surface area contributed by atoms with Crippen molar-refractivity contribution in [2.24, 2.45) is 0 Å². The predicted molar refractivity (Wildman–Crippen MR) is 73.5 cm³/mol. The molecule has 1 aliphatic heterocycles. The van der Waals surface area contributed by atoms with Crippen LogP contribution in [0.15, 0.2) is 18.2 Å². The van der Waals surface area contributed by atoms with Gasteiger partial charge < -0.3 is 5.11 Å². The second-order valence-corrected chi connectivity index (χ2v) is 5.47. The Balaban J connectivity index is 2.58. The summed E-state index contributed by atoms with van der Waals surface area (Å²) in [5, 5.41) is 9.01. The third kappa shape index (κ3) is 2.11. The lowest BCUT2D eigenvalue weighted by Crippen LogP contribution is -2.39. The Labute approximate surface area is 113 Å². The molecule has 19 heavy (non-hydrogen) atoms. The van der Waals surface area contributed by atoms with Crippen molar-refractivity contribution in [3.8, 4) is 0 Å². The lowest BCUT2D eigenvalue weighted by Gasteiger charge is -2.19. The van der Waals surface area contributed by atoms with Crippen molar-refractivity contribution in [1.29, 1.82) is 0 Å². The van der Waals surface area contributed by atoms with Gasteiger partial charge in [-0.2, -0.15) is 0 Å². The molecule has 2 rings (SSSR count). The fraction of sp³-hybridized carbons (Fsp3) is 0.467. The number of amides is 1. The fourth-order valence-corrected chi connectivity index (χ4v) is 2.73. The Morgan fingerprint density at radius 3 is 2.63 bits per heavy atom. The Morgan fingerprint density at radius 1 is 1.37 bits per heavy atom. The molecule has 0 aliphatic carbocycles. The highest BCUT2D eigenvalue weighted by Crippen LogP contribution is 2.43. The minimum absolute atomic E-state index is 0.131. The molecule has 1 aliphatic rings. The maximum absolute atomic E-state index is 12.4. The van der Waals surface area contributed by atoms with Crippen molar-refractivity contribution >= 4 is 17.6 Å². The van der Waals surface area contributed by atoms with Crippen LogP contribution in [0.4, 0.5) is 5.69 Å². The number of fused-ring (bicyclic) bond motifs is 1. The van der Waals surface area contributed by atoms with Crippen LogP contribution in [0.2, 0.25) is 0 Å². The molecule has 0 radical (unpaired) electrons. The number of carbonyl (C=O) groups is 2. The van der Waals surface area contributed by atoms with Crippen molar-refractivity contribution in [3.05, 3.63) is 29.3 Å². The Kier molecular flexibility index (Phi) is 3.35. The zero-order valence-electron chi connectivity index (χ0n) is 11.6. The molecule has 1 amide bonds. The minimum Gasteiger partial charge on any atom is -0.480 e. The van der Waals surface area contributed by atoms with Crippen LogP contribution >= 0.6 is 0 Å². The van der Waals surface area contributed by atoms with Crippen molar-refractivity contribution in [2.45, 2.75) is 39.0 Å². The second kappa shape index (κ2) is 4.68. The highest BCUT2D eigenvalue weighted by Gasteiger charge is 2.45. The molecule has 0 atom stereocenters. The summed E-state index contributed by atoms with van der Waals surface area (Å²) >= 11 is 0. The normalized spacial score (nSPS) is 16.6. The van der Waals surface area contributed by atoms with Gasteiger partial charge in [-0.25, -0.2) is 0 Å². The summed E-state index contributed by atoms with van der Waals surface area (Å²) in [4.78, 5) is 24.9. The van der Waals surface area contributed by atoms with E-state index in [0.717, 1.165) is 29.7 Å². The molecule has 0 saturated carbocycles. The van der Waals surface area contributed by atoms with Crippen LogP contribution in [0.3, 0.4) is 0 Å². The zero-order chi connectivity index (χ0) is 14.2. The number of hydrogen-bond acceptors (Lipinski definition) is 2. The maximum Gasteiger partial charge on any atom is 0.323 e. The molecular weight excluding hydrogens is 242 g/mol. The van der Waals surface area contributed by atoms with E-state index < -0.39 is 11.4 Å². The largest absolute Gasteiger partial charge is 0.480 e. The van der Waals surface area contributed by atoms with Gasteiger partial charge in [0.05, 0.1) is 11.1 Å². The van der Waals surface area contributed by atoms with Gasteiger partial charge in [0.2, 0.25) is 5.91 Å². The van der Waals surface area contributed by atoms with Gasteiger partial charge in [0, 0.05) is 0 Å². The van der Waals surface area contributed by atoms with Crippen LogP contribution < -0.4 is 4.90 Å². The first kappa shape index (κ1) is 13.6. The molecule has 4 nitrogen and oxygen atoms in total. The van der Waals surface area contributed by atoms with Gasteiger partial charge in [0.15, 0.2) is 0 Å². The molecule has 1 heterocycles. The van der Waals surface area contributed by atoms with E-state index in [0.29, 0.717) is 0 Å². The molecule has 0 bridgehead atoms. The van der Waals surface area contributed by atoms with Crippen LogP contribution in [-0.4, -0.2) is 23.5 Å². The van der Waals surface area contributed by atoms with Crippen molar-refractivity contribution in [1.82, 2.24) is 0 Å². The number of carboxylic acids is 1. The predicted octanol–water partition coefficient (Wildman–Crippen LogP) is 2.35. The van der Waals surface area contributed by atoms with E-state index in [9.17, 15) is 9.59 Å². The molecular formula is C15H19NO3. The lowest BCUT2D eigenvalue weighted by atomic mass is 9.85. The maximum atomic E-state index is 12.4. The van der Waals surface area contributed by atoms with Crippen molar-refractivity contribution in [2.75, 3.05) is 11.4 Å². The van der Waals surface area contributed by atoms with Gasteiger partial charge in [0.25, 0.3) is 0 Å². The summed E-state index contributed by atoms with van der Waals surface area (Å²) in [6, 6.07) is 5.85. The summed E-state index contributed by atoms with van der Waals surface area (Å²) < 4.78 is 0. The Morgan fingerprint density at radius 2 is 2.05 bits per heavy atom. The fourth-order valence-electron chi connectivity index (χ4n) is 2.73. The number of para-hydroxylation sites is 1. The molecule has 0 saturated heterocycles. The van der Waals surface area contributed by atoms with Crippen molar-refractivity contribution in [3.63, 3.8) is 0 Å². The van der Waals surface area contributed by atoms with E-state index in [4.69, 9.17) is 5.11 Å². The highest BCUT2D eigenvalue weighted by molar-refractivity contribution is 6.10. The summed E-state index contributed by atoms with van der Waals surface area (Å²) in [5.74, 6) is -1.11. The first-order valence-corrected chi connectivity index (χ1v) is 6.55. The van der Waals surface area contributed by atoms with Gasteiger partial charge in [-0.1, -0.05) is 31.5 Å². The van der Waals surface area contributed by atoms with Crippen LogP contribution in [-0.2, 0) is 21.4 Å². The average molecular weight is 261 g/mol. The summed E-state index contributed by atoms with van der Waals surface area (Å²) in [5.41, 5.74) is 2.15. The Hall–Kier alpha value is -1.84. The number of carbonyl (C=O) groups excluding carboxylic acids is 1. The average Bonchev–Trinajstić information content (AvgIpc) is 2.52. The molecule has 0 spiro atoms. The standard InChI is InChI=1S/C15H19NO3/c1-4-6-10-7-5-8-11-13(10)16(9-12(17)18)14(19)15(11,2)3/h5,7-8H,4,6,9H2,1-3H3,(H,17,18). The third-order valence-corrected chi connectivity index (χ3v) is 3.66. The van der Waals surface area contributed by atoms with Crippen LogP contribution in [0.25, 0.3) is 0 Å². The van der Waals surface area contributed by atoms with Gasteiger partial charge in [-0.05, 0) is 31.4 Å². The molecule has 0 fully saturated rings. The zero-order valence-corrected chi connectivity index (χ0v) is 11.6. The number of anilines is 1. The second-order valence-electron chi connectivity index (χ2n) is 5.47. The highest BCUT2D eigenvalue weighted by atomic mass is 16.4. The van der Waals surface area contributed by atoms with Gasteiger partial charge in [-0.3, -0.25) is 14.5 Å². The van der Waals surface area contributed by atoms with Crippen LogP contribution in [0.5, 0.6) is 0 Å². The molecule has 102 valence electrons. The number of aliphatic carboxylic acids is 1. The molecule has 4 heteroatoms. The third-order valence-electron chi connectivity index (χ3n) is 3.66. The number of rotatable bonds is 4. The smallest absolute Gasteiger partial charge is 0.323 e. The van der Waals surface area contributed by atoms with Gasteiger partial charge in [-0.15, -0.1) is 0 Å². The molecule has 0 unspecified atom stereocenters.